The van der Waals surface area contributed by atoms with Crippen LogP contribution < -0.4 is 0 Å². The predicted molar refractivity (Wildman–Crippen MR) is 49.6 cm³/mol. The summed E-state index contributed by atoms with van der Waals surface area (Å²) in [7, 11) is 0. The van der Waals surface area contributed by atoms with Gasteiger partial charge in [0.15, 0.2) is 0 Å². The molecule has 0 saturated heterocycles. The molecule has 1 aliphatic carbocycles. The van der Waals surface area contributed by atoms with Crippen molar-refractivity contribution >= 4 is 12.6 Å². The van der Waals surface area contributed by atoms with Crippen LogP contribution in [0.3, 0.4) is 0 Å². The fourth-order valence-corrected chi connectivity index (χ4v) is 1.95. The van der Waals surface area contributed by atoms with Crippen molar-refractivity contribution in [2.24, 2.45) is 5.92 Å². The highest BCUT2D eigenvalue weighted by molar-refractivity contribution is 7.81. The fourth-order valence-electron chi connectivity index (χ4n) is 1.47. The highest BCUT2D eigenvalue weighted by atomic mass is 32.1. The summed E-state index contributed by atoms with van der Waals surface area (Å²) in [4.78, 5) is 0. The molecule has 1 atom stereocenters. The lowest BCUT2D eigenvalue weighted by Gasteiger charge is -2.30. The lowest BCUT2D eigenvalue weighted by molar-refractivity contribution is 0.298. The van der Waals surface area contributed by atoms with Gasteiger partial charge in [-0.15, -0.1) is 0 Å². The van der Waals surface area contributed by atoms with Crippen LogP contribution in [0, 0.1) is 5.92 Å². The Morgan fingerprint density at radius 3 is 2.60 bits per heavy atom. The molecular weight excluding hydrogens is 140 g/mol. The standard InChI is InChI=1S/C9H18S/c1-2-3-7-9(10)8-5-4-6-8/h8-10H,2-7H2,1H3. The van der Waals surface area contributed by atoms with E-state index in [2.05, 4.69) is 19.6 Å². The molecule has 1 aliphatic rings. The van der Waals surface area contributed by atoms with Crippen LogP contribution in [0.1, 0.15) is 45.4 Å². The first-order valence-electron chi connectivity index (χ1n) is 4.52. The van der Waals surface area contributed by atoms with Gasteiger partial charge in [0.05, 0.1) is 0 Å². The van der Waals surface area contributed by atoms with Gasteiger partial charge in [-0.2, -0.15) is 12.6 Å². The highest BCUT2D eigenvalue weighted by Gasteiger charge is 2.23. The average Bonchev–Trinajstić information content (AvgIpc) is 1.79. The van der Waals surface area contributed by atoms with E-state index in [1.807, 2.05) is 0 Å². The Morgan fingerprint density at radius 1 is 1.50 bits per heavy atom. The highest BCUT2D eigenvalue weighted by Crippen LogP contribution is 2.34. The molecule has 1 heteroatoms. The summed E-state index contributed by atoms with van der Waals surface area (Å²) in [6.07, 6.45) is 8.36. The van der Waals surface area contributed by atoms with E-state index in [1.165, 1.54) is 38.5 Å². The molecule has 0 spiro atoms. The van der Waals surface area contributed by atoms with Gasteiger partial charge in [-0.1, -0.05) is 26.2 Å². The lowest BCUT2D eigenvalue weighted by atomic mass is 9.81. The smallest absolute Gasteiger partial charge is 0.00450 e. The fraction of sp³-hybridized carbons (Fsp3) is 1.00. The summed E-state index contributed by atoms with van der Waals surface area (Å²) in [6, 6.07) is 0. The lowest BCUT2D eigenvalue weighted by Crippen LogP contribution is -2.22. The second-order valence-corrected chi connectivity index (χ2v) is 4.06. The van der Waals surface area contributed by atoms with Gasteiger partial charge in [0.25, 0.3) is 0 Å². The van der Waals surface area contributed by atoms with E-state index in [0.29, 0.717) is 5.25 Å². The maximum Gasteiger partial charge on any atom is 0.00450 e. The van der Waals surface area contributed by atoms with Crippen LogP contribution in [-0.2, 0) is 0 Å². The molecule has 0 bridgehead atoms. The number of unbranched alkanes of at least 4 members (excludes halogenated alkanes) is 1. The van der Waals surface area contributed by atoms with Crippen molar-refractivity contribution in [2.75, 3.05) is 0 Å². The van der Waals surface area contributed by atoms with Crippen LogP contribution in [0.4, 0.5) is 0 Å². The van der Waals surface area contributed by atoms with Crippen LogP contribution in [0.5, 0.6) is 0 Å². The number of thiol groups is 1. The molecule has 0 amide bonds. The predicted octanol–water partition coefficient (Wildman–Crippen LogP) is 3.28. The van der Waals surface area contributed by atoms with E-state index in [-0.39, 0.29) is 0 Å². The van der Waals surface area contributed by atoms with Crippen molar-refractivity contribution in [3.63, 3.8) is 0 Å². The molecule has 1 rings (SSSR count). The summed E-state index contributed by atoms with van der Waals surface area (Å²) in [5, 5.41) is 0.716. The SMILES string of the molecule is CCCCC(S)C1CCC1. The minimum atomic E-state index is 0.716. The Bertz CT molecular complexity index is 86.7. The largest absolute Gasteiger partial charge is 0.176 e. The van der Waals surface area contributed by atoms with Crippen LogP contribution in [0.15, 0.2) is 0 Å². The molecular formula is C9H18S. The summed E-state index contributed by atoms with van der Waals surface area (Å²) in [5.74, 6) is 0.967. The molecule has 0 heterocycles. The van der Waals surface area contributed by atoms with Gasteiger partial charge in [-0.05, 0) is 25.2 Å². The van der Waals surface area contributed by atoms with Crippen molar-refractivity contribution in [1.29, 1.82) is 0 Å². The first-order chi connectivity index (χ1) is 4.84. The average molecular weight is 158 g/mol. The van der Waals surface area contributed by atoms with E-state index in [1.54, 1.807) is 0 Å². The second-order valence-electron chi connectivity index (χ2n) is 3.40. The number of rotatable bonds is 4. The van der Waals surface area contributed by atoms with Crippen LogP contribution in [0.25, 0.3) is 0 Å². The second kappa shape index (κ2) is 4.27. The Hall–Kier alpha value is 0.350. The summed E-state index contributed by atoms with van der Waals surface area (Å²) in [5.41, 5.74) is 0. The molecule has 0 aromatic carbocycles. The molecule has 0 nitrogen and oxygen atoms in total. The molecule has 0 aliphatic heterocycles. The van der Waals surface area contributed by atoms with Crippen molar-refractivity contribution in [1.82, 2.24) is 0 Å². The topological polar surface area (TPSA) is 0 Å². The zero-order chi connectivity index (χ0) is 7.40. The third kappa shape index (κ3) is 2.19. The zero-order valence-corrected chi connectivity index (χ0v) is 7.74. The van der Waals surface area contributed by atoms with Crippen LogP contribution in [-0.4, -0.2) is 5.25 Å². The minimum absolute atomic E-state index is 0.716. The zero-order valence-electron chi connectivity index (χ0n) is 6.84. The maximum absolute atomic E-state index is 4.59. The van der Waals surface area contributed by atoms with Gasteiger partial charge >= 0.3 is 0 Å². The summed E-state index contributed by atoms with van der Waals surface area (Å²) >= 11 is 4.59. The van der Waals surface area contributed by atoms with Gasteiger partial charge < -0.3 is 0 Å². The summed E-state index contributed by atoms with van der Waals surface area (Å²) < 4.78 is 0. The maximum atomic E-state index is 4.59. The third-order valence-corrected chi connectivity index (χ3v) is 3.23. The van der Waals surface area contributed by atoms with Gasteiger partial charge in [-0.3, -0.25) is 0 Å². The van der Waals surface area contributed by atoms with E-state index in [4.69, 9.17) is 0 Å². The van der Waals surface area contributed by atoms with E-state index in [9.17, 15) is 0 Å². The Morgan fingerprint density at radius 2 is 2.20 bits per heavy atom. The Balaban J connectivity index is 2.02. The monoisotopic (exact) mass is 158 g/mol. The van der Waals surface area contributed by atoms with Crippen LogP contribution in [0.2, 0.25) is 0 Å². The molecule has 0 aromatic heterocycles. The molecule has 0 N–H and O–H groups in total. The normalized spacial score (nSPS) is 22.2. The third-order valence-electron chi connectivity index (χ3n) is 2.55. The first-order valence-corrected chi connectivity index (χ1v) is 5.04. The minimum Gasteiger partial charge on any atom is -0.176 e. The van der Waals surface area contributed by atoms with Crippen molar-refractivity contribution < 1.29 is 0 Å². The molecule has 0 radical (unpaired) electrons. The molecule has 60 valence electrons. The van der Waals surface area contributed by atoms with Crippen molar-refractivity contribution in [3.05, 3.63) is 0 Å². The van der Waals surface area contributed by atoms with Gasteiger partial charge in [0.2, 0.25) is 0 Å². The molecule has 1 saturated carbocycles. The van der Waals surface area contributed by atoms with E-state index < -0.39 is 0 Å². The van der Waals surface area contributed by atoms with Crippen molar-refractivity contribution in [2.45, 2.75) is 50.7 Å². The number of hydrogen-bond donors (Lipinski definition) is 1. The molecule has 0 aromatic rings. The van der Waals surface area contributed by atoms with Gasteiger partial charge in [-0.25, -0.2) is 0 Å². The van der Waals surface area contributed by atoms with E-state index >= 15 is 0 Å². The Labute approximate surface area is 69.8 Å². The molecule has 1 unspecified atom stereocenters. The quantitative estimate of drug-likeness (QED) is 0.596. The van der Waals surface area contributed by atoms with Gasteiger partial charge in [0.1, 0.15) is 0 Å². The van der Waals surface area contributed by atoms with Crippen LogP contribution >= 0.6 is 12.6 Å². The molecule has 10 heavy (non-hydrogen) atoms. The summed E-state index contributed by atoms with van der Waals surface area (Å²) in [6.45, 7) is 2.25. The first kappa shape index (κ1) is 8.45. The number of hydrogen-bond acceptors (Lipinski definition) is 1. The molecule has 1 fully saturated rings. The Kier molecular flexibility index (Phi) is 3.61. The van der Waals surface area contributed by atoms with E-state index in [0.717, 1.165) is 5.92 Å². The van der Waals surface area contributed by atoms with Crippen molar-refractivity contribution in [3.8, 4) is 0 Å². The van der Waals surface area contributed by atoms with Gasteiger partial charge in [0, 0.05) is 5.25 Å².